The predicted octanol–water partition coefficient (Wildman–Crippen LogP) is 1.94. The van der Waals surface area contributed by atoms with Gasteiger partial charge >= 0.3 is 0 Å². The van der Waals surface area contributed by atoms with E-state index in [1.807, 2.05) is 13.8 Å². The fourth-order valence-corrected chi connectivity index (χ4v) is 2.51. The molecule has 1 fully saturated rings. The molecule has 1 aliphatic rings. The molecule has 1 aliphatic heterocycles. The van der Waals surface area contributed by atoms with Gasteiger partial charge < -0.3 is 5.32 Å². The Morgan fingerprint density at radius 2 is 1.95 bits per heavy atom. The van der Waals surface area contributed by atoms with Gasteiger partial charge in [-0.15, -0.1) is 0 Å². The highest BCUT2D eigenvalue weighted by atomic mass is 19.1. The van der Waals surface area contributed by atoms with E-state index >= 15 is 0 Å². The van der Waals surface area contributed by atoms with Crippen LogP contribution in [0.5, 0.6) is 0 Å². The first-order valence-electron chi connectivity index (χ1n) is 6.73. The summed E-state index contributed by atoms with van der Waals surface area (Å²) in [5.41, 5.74) is -0.373. The molecule has 19 heavy (non-hydrogen) atoms. The Kier molecular flexibility index (Phi) is 4.32. The summed E-state index contributed by atoms with van der Waals surface area (Å²) in [4.78, 5) is 14.7. The molecule has 104 valence electrons. The second-order valence-corrected chi connectivity index (χ2v) is 5.72. The monoisotopic (exact) mass is 264 g/mol. The summed E-state index contributed by atoms with van der Waals surface area (Å²) in [5.74, 6) is -0.551. The third-order valence-electron chi connectivity index (χ3n) is 3.56. The van der Waals surface area contributed by atoms with Crippen molar-refractivity contribution in [3.05, 3.63) is 35.6 Å². The van der Waals surface area contributed by atoms with Crippen LogP contribution in [0.25, 0.3) is 0 Å². The predicted molar refractivity (Wildman–Crippen MR) is 73.8 cm³/mol. The lowest BCUT2D eigenvalue weighted by Crippen LogP contribution is -2.48. The van der Waals surface area contributed by atoms with Crippen LogP contribution in [-0.2, 0) is 0 Å². The van der Waals surface area contributed by atoms with E-state index in [9.17, 15) is 9.18 Å². The Morgan fingerprint density at radius 1 is 1.32 bits per heavy atom. The van der Waals surface area contributed by atoms with Gasteiger partial charge in [0.2, 0.25) is 0 Å². The van der Waals surface area contributed by atoms with Crippen molar-refractivity contribution in [1.82, 2.24) is 10.2 Å². The van der Waals surface area contributed by atoms with Gasteiger partial charge in [-0.05, 0) is 12.1 Å². The number of carbonyl (C=O) groups excluding carboxylic acids is 1. The van der Waals surface area contributed by atoms with E-state index < -0.39 is 11.2 Å². The Hall–Kier alpha value is -1.26. The van der Waals surface area contributed by atoms with Crippen molar-refractivity contribution < 1.29 is 9.18 Å². The van der Waals surface area contributed by atoms with Crippen LogP contribution in [0.1, 0.15) is 24.2 Å². The maximum absolute atomic E-state index is 13.7. The van der Waals surface area contributed by atoms with Crippen LogP contribution < -0.4 is 5.32 Å². The minimum absolute atomic E-state index is 0.121. The standard InChI is InChI=1S/C15H21FN2O/c1-15(2,11-18-9-7-17-8-10-18)14(19)12-5-3-4-6-13(12)16/h3-6,17H,7-11H2,1-2H3. The fourth-order valence-electron chi connectivity index (χ4n) is 2.51. The lowest BCUT2D eigenvalue weighted by atomic mass is 9.83. The topological polar surface area (TPSA) is 32.3 Å². The summed E-state index contributed by atoms with van der Waals surface area (Å²) < 4.78 is 13.7. The molecule has 0 bridgehead atoms. The van der Waals surface area contributed by atoms with Gasteiger partial charge in [0.25, 0.3) is 0 Å². The summed E-state index contributed by atoms with van der Waals surface area (Å²) >= 11 is 0. The van der Waals surface area contributed by atoms with Gasteiger partial charge in [-0.3, -0.25) is 9.69 Å². The van der Waals surface area contributed by atoms with E-state index in [-0.39, 0.29) is 11.3 Å². The summed E-state index contributed by atoms with van der Waals surface area (Å²) in [6.45, 7) is 8.23. The van der Waals surface area contributed by atoms with Gasteiger partial charge in [0.05, 0.1) is 5.56 Å². The minimum atomic E-state index is -0.570. The molecule has 1 aromatic carbocycles. The molecule has 0 saturated carbocycles. The molecule has 0 aromatic heterocycles. The molecule has 0 atom stereocenters. The number of Topliss-reactive ketones (excluding diaryl/α,β-unsaturated/α-hetero) is 1. The number of halogens is 1. The van der Waals surface area contributed by atoms with Crippen molar-refractivity contribution in [1.29, 1.82) is 0 Å². The first-order chi connectivity index (χ1) is 9.00. The summed E-state index contributed by atoms with van der Waals surface area (Å²) in [6, 6.07) is 6.22. The summed E-state index contributed by atoms with van der Waals surface area (Å²) in [6.07, 6.45) is 0. The molecule has 1 heterocycles. The molecular formula is C15H21FN2O. The van der Waals surface area contributed by atoms with Crippen LogP contribution in [0.3, 0.4) is 0 Å². The molecule has 0 amide bonds. The zero-order chi connectivity index (χ0) is 13.9. The first-order valence-corrected chi connectivity index (χ1v) is 6.73. The first kappa shape index (κ1) is 14.2. The van der Waals surface area contributed by atoms with E-state index in [1.54, 1.807) is 18.2 Å². The third-order valence-corrected chi connectivity index (χ3v) is 3.56. The van der Waals surface area contributed by atoms with E-state index in [2.05, 4.69) is 10.2 Å². The summed E-state index contributed by atoms with van der Waals surface area (Å²) in [5, 5.41) is 3.28. The molecule has 3 nitrogen and oxygen atoms in total. The number of nitrogens with one attached hydrogen (secondary N) is 1. The smallest absolute Gasteiger partial charge is 0.172 e. The van der Waals surface area contributed by atoms with Crippen molar-refractivity contribution >= 4 is 5.78 Å². The number of hydrogen-bond acceptors (Lipinski definition) is 3. The molecular weight excluding hydrogens is 243 g/mol. The normalized spacial score (nSPS) is 17.4. The Balaban J connectivity index is 2.10. The molecule has 1 saturated heterocycles. The van der Waals surface area contributed by atoms with E-state index in [1.165, 1.54) is 6.07 Å². The van der Waals surface area contributed by atoms with Crippen LogP contribution in [-0.4, -0.2) is 43.4 Å². The fraction of sp³-hybridized carbons (Fsp3) is 0.533. The number of rotatable bonds is 4. The van der Waals surface area contributed by atoms with Crippen molar-refractivity contribution in [3.8, 4) is 0 Å². The largest absolute Gasteiger partial charge is 0.314 e. The lowest BCUT2D eigenvalue weighted by Gasteiger charge is -2.34. The van der Waals surface area contributed by atoms with Gasteiger partial charge in [0.15, 0.2) is 5.78 Å². The van der Waals surface area contributed by atoms with Crippen LogP contribution >= 0.6 is 0 Å². The Morgan fingerprint density at radius 3 is 2.58 bits per heavy atom. The van der Waals surface area contributed by atoms with Crippen LogP contribution in [0.15, 0.2) is 24.3 Å². The molecule has 0 unspecified atom stereocenters. The highest BCUT2D eigenvalue weighted by Gasteiger charge is 2.32. The molecule has 0 aliphatic carbocycles. The molecule has 0 radical (unpaired) electrons. The maximum atomic E-state index is 13.7. The quantitative estimate of drug-likeness (QED) is 0.844. The summed E-state index contributed by atoms with van der Waals surface area (Å²) in [7, 11) is 0. The van der Waals surface area contributed by atoms with Crippen molar-refractivity contribution in [3.63, 3.8) is 0 Å². The van der Waals surface area contributed by atoms with Gasteiger partial charge in [-0.1, -0.05) is 26.0 Å². The molecule has 4 heteroatoms. The molecule has 1 N–H and O–H groups in total. The number of carbonyl (C=O) groups is 1. The number of nitrogens with zero attached hydrogens (tertiary/aromatic N) is 1. The van der Waals surface area contributed by atoms with E-state index in [0.29, 0.717) is 6.54 Å². The van der Waals surface area contributed by atoms with Crippen LogP contribution in [0.2, 0.25) is 0 Å². The average Bonchev–Trinajstić information content (AvgIpc) is 2.39. The van der Waals surface area contributed by atoms with Gasteiger partial charge in [-0.2, -0.15) is 0 Å². The second kappa shape index (κ2) is 5.80. The molecule has 1 aromatic rings. The highest BCUT2D eigenvalue weighted by Crippen LogP contribution is 2.25. The maximum Gasteiger partial charge on any atom is 0.172 e. The number of hydrogen-bond donors (Lipinski definition) is 1. The van der Waals surface area contributed by atoms with E-state index in [4.69, 9.17) is 0 Å². The van der Waals surface area contributed by atoms with Crippen LogP contribution in [0.4, 0.5) is 4.39 Å². The minimum Gasteiger partial charge on any atom is -0.314 e. The van der Waals surface area contributed by atoms with E-state index in [0.717, 1.165) is 26.2 Å². The van der Waals surface area contributed by atoms with Crippen molar-refractivity contribution in [2.24, 2.45) is 5.41 Å². The van der Waals surface area contributed by atoms with Gasteiger partial charge in [0, 0.05) is 38.1 Å². The van der Waals surface area contributed by atoms with Crippen molar-refractivity contribution in [2.45, 2.75) is 13.8 Å². The SMILES string of the molecule is CC(C)(CN1CCNCC1)C(=O)c1ccccc1F. The average molecular weight is 264 g/mol. The van der Waals surface area contributed by atoms with Crippen molar-refractivity contribution in [2.75, 3.05) is 32.7 Å². The highest BCUT2D eigenvalue weighted by molar-refractivity contribution is 6.00. The van der Waals surface area contributed by atoms with Crippen LogP contribution in [0, 0.1) is 11.2 Å². The third kappa shape index (κ3) is 3.39. The Labute approximate surface area is 113 Å². The molecule has 0 spiro atoms. The number of piperazine rings is 1. The Bertz CT molecular complexity index is 453. The van der Waals surface area contributed by atoms with Gasteiger partial charge in [0.1, 0.15) is 5.82 Å². The zero-order valence-electron chi connectivity index (χ0n) is 11.6. The molecule has 2 rings (SSSR count). The second-order valence-electron chi connectivity index (χ2n) is 5.72. The number of ketones is 1. The lowest BCUT2D eigenvalue weighted by molar-refractivity contribution is 0.0747. The zero-order valence-corrected chi connectivity index (χ0v) is 11.6. The number of benzene rings is 1. The van der Waals surface area contributed by atoms with Gasteiger partial charge in [-0.25, -0.2) is 4.39 Å².